The second-order valence-electron chi connectivity index (χ2n) is 7.36. The van der Waals surface area contributed by atoms with Gasteiger partial charge in [0.2, 0.25) is 0 Å². The van der Waals surface area contributed by atoms with E-state index in [0.29, 0.717) is 6.04 Å². The lowest BCUT2D eigenvalue weighted by atomic mass is 9.70. The predicted molar refractivity (Wildman–Crippen MR) is 86.1 cm³/mol. The minimum Gasteiger partial charge on any atom is -0.468 e. The third-order valence-electron chi connectivity index (χ3n) is 5.59. The minimum atomic E-state index is -0.149. The molecular weight excluding hydrogens is 262 g/mol. The van der Waals surface area contributed by atoms with E-state index in [1.807, 2.05) is 0 Å². The van der Waals surface area contributed by atoms with Gasteiger partial charge in [0.1, 0.15) is 6.04 Å². The van der Waals surface area contributed by atoms with Crippen molar-refractivity contribution >= 4 is 5.97 Å². The van der Waals surface area contributed by atoms with Crippen molar-refractivity contribution in [3.8, 4) is 0 Å². The monoisotopic (exact) mass is 295 g/mol. The van der Waals surface area contributed by atoms with E-state index in [0.717, 1.165) is 11.8 Å². The highest BCUT2D eigenvalue weighted by molar-refractivity contribution is 5.76. The van der Waals surface area contributed by atoms with Gasteiger partial charge < -0.3 is 10.1 Å². The van der Waals surface area contributed by atoms with E-state index in [1.165, 1.54) is 64.9 Å². The number of nitrogens with one attached hydrogen (secondary N) is 1. The normalized spacial score (nSPS) is 29.3. The smallest absolute Gasteiger partial charge is 0.323 e. The van der Waals surface area contributed by atoms with E-state index < -0.39 is 0 Å². The van der Waals surface area contributed by atoms with Crippen LogP contribution < -0.4 is 5.32 Å². The van der Waals surface area contributed by atoms with E-state index in [-0.39, 0.29) is 17.9 Å². The summed E-state index contributed by atoms with van der Waals surface area (Å²) in [4.78, 5) is 12.0. The Balaban J connectivity index is 2.01. The van der Waals surface area contributed by atoms with Crippen molar-refractivity contribution < 1.29 is 9.53 Å². The molecule has 0 aromatic rings. The quantitative estimate of drug-likeness (QED) is 0.781. The first kappa shape index (κ1) is 16.8. The van der Waals surface area contributed by atoms with Crippen molar-refractivity contribution in [1.82, 2.24) is 5.32 Å². The van der Waals surface area contributed by atoms with Gasteiger partial charge in [-0.3, -0.25) is 4.79 Å². The highest BCUT2D eigenvalue weighted by Gasteiger charge is 2.35. The van der Waals surface area contributed by atoms with Crippen molar-refractivity contribution in [1.29, 1.82) is 0 Å². The maximum atomic E-state index is 12.0. The number of rotatable bonds is 5. The molecule has 0 saturated heterocycles. The Kier molecular flexibility index (Phi) is 6.53. The van der Waals surface area contributed by atoms with E-state index in [2.05, 4.69) is 19.2 Å². The summed E-state index contributed by atoms with van der Waals surface area (Å²) in [6, 6.07) is 0.359. The van der Waals surface area contributed by atoms with Gasteiger partial charge in [-0.25, -0.2) is 0 Å². The molecule has 122 valence electrons. The topological polar surface area (TPSA) is 38.3 Å². The van der Waals surface area contributed by atoms with Crippen LogP contribution in [0.25, 0.3) is 0 Å². The summed E-state index contributed by atoms with van der Waals surface area (Å²) in [7, 11) is 1.50. The molecule has 2 saturated carbocycles. The zero-order chi connectivity index (χ0) is 15.2. The van der Waals surface area contributed by atoms with Crippen LogP contribution in [0.5, 0.6) is 0 Å². The summed E-state index contributed by atoms with van der Waals surface area (Å²) < 4.78 is 4.99. The molecule has 0 bridgehead atoms. The number of hydrogen-bond donors (Lipinski definition) is 1. The maximum absolute atomic E-state index is 12.0. The van der Waals surface area contributed by atoms with Gasteiger partial charge >= 0.3 is 5.97 Å². The molecular formula is C18H33NO2. The molecule has 2 unspecified atom stereocenters. The highest BCUT2D eigenvalue weighted by atomic mass is 16.5. The van der Waals surface area contributed by atoms with E-state index in [9.17, 15) is 4.79 Å². The SMILES string of the molecule is COC(=O)[C@@H](NC1CCCCC1C1CCCCC1)C(C)C. The second kappa shape index (κ2) is 8.17. The Morgan fingerprint density at radius 1 is 1.00 bits per heavy atom. The first-order chi connectivity index (χ1) is 10.1. The van der Waals surface area contributed by atoms with Crippen LogP contribution in [0.4, 0.5) is 0 Å². The third-order valence-corrected chi connectivity index (χ3v) is 5.59. The maximum Gasteiger partial charge on any atom is 0.323 e. The van der Waals surface area contributed by atoms with Gasteiger partial charge in [-0.15, -0.1) is 0 Å². The first-order valence-corrected chi connectivity index (χ1v) is 8.97. The molecule has 3 heteroatoms. The van der Waals surface area contributed by atoms with E-state index in [4.69, 9.17) is 4.74 Å². The molecule has 0 radical (unpaired) electrons. The summed E-state index contributed by atoms with van der Waals surface area (Å²) in [5.41, 5.74) is 0. The van der Waals surface area contributed by atoms with Gasteiger partial charge in [-0.05, 0) is 30.6 Å². The molecule has 0 amide bonds. The van der Waals surface area contributed by atoms with Crippen LogP contribution in [0.1, 0.15) is 71.6 Å². The van der Waals surface area contributed by atoms with Crippen LogP contribution in [-0.4, -0.2) is 25.2 Å². The van der Waals surface area contributed by atoms with Crippen LogP contribution in [0.3, 0.4) is 0 Å². The first-order valence-electron chi connectivity index (χ1n) is 8.97. The molecule has 21 heavy (non-hydrogen) atoms. The molecule has 3 atom stereocenters. The Bertz CT molecular complexity index is 323. The largest absolute Gasteiger partial charge is 0.468 e. The fourth-order valence-electron chi connectivity index (χ4n) is 4.38. The molecule has 0 heterocycles. The summed E-state index contributed by atoms with van der Waals surface area (Å²) in [6.45, 7) is 4.21. The van der Waals surface area contributed by atoms with Gasteiger partial charge in [0, 0.05) is 6.04 Å². The average molecular weight is 295 g/mol. The van der Waals surface area contributed by atoms with Crippen molar-refractivity contribution in [2.75, 3.05) is 7.11 Å². The molecule has 2 fully saturated rings. The lowest BCUT2D eigenvalue weighted by Crippen LogP contribution is -2.52. The molecule has 2 aliphatic rings. The molecule has 2 rings (SSSR count). The minimum absolute atomic E-state index is 0.0991. The fourth-order valence-corrected chi connectivity index (χ4v) is 4.38. The molecule has 1 N–H and O–H groups in total. The summed E-state index contributed by atoms with van der Waals surface area (Å²) in [6.07, 6.45) is 12.2. The zero-order valence-corrected chi connectivity index (χ0v) is 14.1. The zero-order valence-electron chi connectivity index (χ0n) is 14.1. The lowest BCUT2D eigenvalue weighted by Gasteiger charge is -2.41. The standard InChI is InChI=1S/C18H33NO2/c1-13(2)17(18(20)21-3)19-16-12-8-7-11-15(16)14-9-5-4-6-10-14/h13-17,19H,4-12H2,1-3H3/t15?,16?,17-/m0/s1. The molecule has 0 aromatic heterocycles. The number of carbonyl (C=O) groups is 1. The van der Waals surface area contributed by atoms with Crippen LogP contribution in [0, 0.1) is 17.8 Å². The summed E-state index contributed by atoms with van der Waals surface area (Å²) in [5.74, 6) is 1.83. The molecule has 2 aliphatic carbocycles. The molecule has 0 spiro atoms. The number of carbonyl (C=O) groups excluding carboxylic acids is 1. The van der Waals surface area contributed by atoms with Gasteiger partial charge in [0.15, 0.2) is 0 Å². The average Bonchev–Trinajstić information content (AvgIpc) is 2.52. The summed E-state index contributed by atoms with van der Waals surface area (Å²) in [5, 5.41) is 3.68. The van der Waals surface area contributed by atoms with Gasteiger partial charge in [0.05, 0.1) is 7.11 Å². The van der Waals surface area contributed by atoms with Crippen LogP contribution in [-0.2, 0) is 9.53 Å². The molecule has 3 nitrogen and oxygen atoms in total. The van der Waals surface area contributed by atoms with Crippen molar-refractivity contribution in [2.45, 2.75) is 83.7 Å². The second-order valence-corrected chi connectivity index (χ2v) is 7.36. The predicted octanol–water partition coefficient (Wildman–Crippen LogP) is 3.91. The van der Waals surface area contributed by atoms with Crippen LogP contribution in [0.2, 0.25) is 0 Å². The summed E-state index contributed by atoms with van der Waals surface area (Å²) >= 11 is 0. The Hall–Kier alpha value is -0.570. The van der Waals surface area contributed by atoms with Crippen molar-refractivity contribution in [3.05, 3.63) is 0 Å². The number of esters is 1. The Labute approximate surface area is 130 Å². The Morgan fingerprint density at radius 3 is 2.24 bits per heavy atom. The number of hydrogen-bond acceptors (Lipinski definition) is 3. The molecule has 0 aromatic carbocycles. The fraction of sp³-hybridized carbons (Fsp3) is 0.944. The van der Waals surface area contributed by atoms with Crippen LogP contribution >= 0.6 is 0 Å². The molecule has 0 aliphatic heterocycles. The number of ether oxygens (including phenoxy) is 1. The van der Waals surface area contributed by atoms with E-state index >= 15 is 0 Å². The van der Waals surface area contributed by atoms with Crippen LogP contribution in [0.15, 0.2) is 0 Å². The van der Waals surface area contributed by atoms with Crippen molar-refractivity contribution in [3.63, 3.8) is 0 Å². The van der Waals surface area contributed by atoms with Gasteiger partial charge in [-0.2, -0.15) is 0 Å². The lowest BCUT2D eigenvalue weighted by molar-refractivity contribution is -0.144. The van der Waals surface area contributed by atoms with Gasteiger partial charge in [0.25, 0.3) is 0 Å². The number of methoxy groups -OCH3 is 1. The van der Waals surface area contributed by atoms with E-state index in [1.54, 1.807) is 0 Å². The third kappa shape index (κ3) is 4.45. The van der Waals surface area contributed by atoms with Gasteiger partial charge in [-0.1, -0.05) is 58.8 Å². The Morgan fingerprint density at radius 2 is 1.62 bits per heavy atom. The van der Waals surface area contributed by atoms with Crippen molar-refractivity contribution in [2.24, 2.45) is 17.8 Å². The highest BCUT2D eigenvalue weighted by Crippen LogP contribution is 2.38.